The van der Waals surface area contributed by atoms with Crippen LogP contribution in [0, 0.1) is 19.8 Å². The van der Waals surface area contributed by atoms with Gasteiger partial charge in [-0.2, -0.15) is 0 Å². The van der Waals surface area contributed by atoms with Crippen LogP contribution in [0.25, 0.3) is 16.7 Å². The number of nitrogens with zero attached hydrogens (tertiary/aromatic N) is 1. The summed E-state index contributed by atoms with van der Waals surface area (Å²) in [4.78, 5) is 17.1. The molecule has 7 nitrogen and oxygen atoms in total. The molecule has 4 N–H and O–H groups in total. The molecular weight excluding hydrogens is 354 g/mol. The molecule has 5 rings (SSSR count). The highest BCUT2D eigenvalue weighted by molar-refractivity contribution is 6.32. The molecule has 0 radical (unpaired) electrons. The zero-order valence-corrected chi connectivity index (χ0v) is 16.0. The Hall–Kier alpha value is -2.90. The second-order valence-electron chi connectivity index (χ2n) is 7.52. The molecule has 0 saturated carbocycles. The third kappa shape index (κ3) is 2.75. The number of carbonyl (C=O) groups is 1. The molecule has 0 spiro atoms. The number of ether oxygens (including phenoxy) is 1. The lowest BCUT2D eigenvalue weighted by molar-refractivity contribution is -0.110. The Morgan fingerprint density at radius 1 is 1.14 bits per heavy atom. The van der Waals surface area contributed by atoms with Crippen LogP contribution in [0.5, 0.6) is 5.88 Å². The second kappa shape index (κ2) is 6.61. The smallest absolute Gasteiger partial charge is 0.256 e. The van der Waals surface area contributed by atoms with Gasteiger partial charge in [-0.25, -0.2) is 4.98 Å². The van der Waals surface area contributed by atoms with E-state index in [4.69, 9.17) is 4.74 Å². The minimum Gasteiger partial charge on any atom is -0.474 e. The molecule has 3 aliphatic rings. The molecule has 1 saturated heterocycles. The van der Waals surface area contributed by atoms with Crippen molar-refractivity contribution in [3.8, 4) is 17.0 Å². The zero-order chi connectivity index (χ0) is 19.3. The number of hydrogen-bond acceptors (Lipinski definition) is 6. The van der Waals surface area contributed by atoms with Gasteiger partial charge >= 0.3 is 0 Å². The number of rotatable bonds is 2. The Balaban J connectivity index is 1.61. The first kappa shape index (κ1) is 17.2. The number of anilines is 2. The van der Waals surface area contributed by atoms with Gasteiger partial charge < -0.3 is 15.4 Å². The summed E-state index contributed by atoms with van der Waals surface area (Å²) >= 11 is 0. The molecule has 1 aromatic carbocycles. The number of fused-ring (bicyclic) bond motifs is 2. The fourth-order valence-corrected chi connectivity index (χ4v) is 4.13. The summed E-state index contributed by atoms with van der Waals surface area (Å²) in [6.45, 7) is 7.16. The van der Waals surface area contributed by atoms with Crippen LogP contribution in [0.15, 0.2) is 24.4 Å². The predicted molar refractivity (Wildman–Crippen MR) is 109 cm³/mol. The second-order valence-corrected chi connectivity index (χ2v) is 7.52. The summed E-state index contributed by atoms with van der Waals surface area (Å²) < 4.78 is 5.65. The van der Waals surface area contributed by atoms with E-state index in [1.54, 1.807) is 0 Å². The maximum atomic E-state index is 12.6. The first-order valence-electron chi connectivity index (χ1n) is 9.62. The van der Waals surface area contributed by atoms with Crippen LogP contribution in [0.3, 0.4) is 0 Å². The van der Waals surface area contributed by atoms with Crippen molar-refractivity contribution in [3.63, 3.8) is 0 Å². The number of hydrogen-bond donors (Lipinski definition) is 4. The van der Waals surface area contributed by atoms with Crippen LogP contribution < -0.4 is 26.2 Å². The Labute approximate surface area is 163 Å². The Bertz CT molecular complexity index is 1010. The van der Waals surface area contributed by atoms with Gasteiger partial charge in [-0.3, -0.25) is 15.6 Å². The largest absolute Gasteiger partial charge is 0.474 e. The van der Waals surface area contributed by atoms with Gasteiger partial charge in [0.2, 0.25) is 5.88 Å². The molecular formula is C21H23N5O2. The minimum atomic E-state index is -0.0301. The summed E-state index contributed by atoms with van der Waals surface area (Å²) in [7, 11) is 0. The van der Waals surface area contributed by atoms with Crippen molar-refractivity contribution in [3.05, 3.63) is 41.1 Å². The SMILES string of the molecule is Cc1cc(-c2cnc3c(c2C)NCCO3)cc2c1NC(=O)/C2=C\C1CNNC1. The summed E-state index contributed by atoms with van der Waals surface area (Å²) in [5.74, 6) is 0.922. The van der Waals surface area contributed by atoms with E-state index in [0.29, 0.717) is 18.4 Å². The summed E-state index contributed by atoms with van der Waals surface area (Å²) in [5, 5.41) is 6.43. The maximum Gasteiger partial charge on any atom is 0.256 e. The molecule has 1 aromatic heterocycles. The molecule has 28 heavy (non-hydrogen) atoms. The fraction of sp³-hybridized carbons (Fsp3) is 0.333. The van der Waals surface area contributed by atoms with E-state index in [0.717, 1.165) is 64.4 Å². The lowest BCUT2D eigenvalue weighted by Gasteiger charge is -2.21. The summed E-state index contributed by atoms with van der Waals surface area (Å²) in [5.41, 5.74) is 14.1. The van der Waals surface area contributed by atoms with E-state index < -0.39 is 0 Å². The van der Waals surface area contributed by atoms with Crippen LogP contribution in [-0.4, -0.2) is 37.1 Å². The minimum absolute atomic E-state index is 0.0301. The van der Waals surface area contributed by atoms with Crippen LogP contribution >= 0.6 is 0 Å². The highest BCUT2D eigenvalue weighted by atomic mass is 16.5. The zero-order valence-electron chi connectivity index (χ0n) is 16.0. The predicted octanol–water partition coefficient (Wildman–Crippen LogP) is 2.23. The van der Waals surface area contributed by atoms with E-state index in [2.05, 4.69) is 51.6 Å². The van der Waals surface area contributed by atoms with E-state index in [1.165, 1.54) is 0 Å². The number of nitrogens with one attached hydrogen (secondary N) is 4. The van der Waals surface area contributed by atoms with Crippen LogP contribution in [0.1, 0.15) is 16.7 Å². The lowest BCUT2D eigenvalue weighted by Crippen LogP contribution is -2.21. The third-order valence-corrected chi connectivity index (χ3v) is 5.62. The molecule has 0 atom stereocenters. The van der Waals surface area contributed by atoms with E-state index >= 15 is 0 Å². The quantitative estimate of drug-likeness (QED) is 0.601. The molecule has 1 fully saturated rings. The summed E-state index contributed by atoms with van der Waals surface area (Å²) in [6.07, 6.45) is 3.94. The average Bonchev–Trinajstić information content (AvgIpc) is 3.32. The van der Waals surface area contributed by atoms with Gasteiger partial charge in [0, 0.05) is 48.4 Å². The van der Waals surface area contributed by atoms with Crippen molar-refractivity contribution < 1.29 is 9.53 Å². The van der Waals surface area contributed by atoms with E-state index in [9.17, 15) is 4.79 Å². The molecule has 144 valence electrons. The number of aryl methyl sites for hydroxylation is 1. The van der Waals surface area contributed by atoms with Gasteiger partial charge in [0.05, 0.1) is 5.69 Å². The lowest BCUT2D eigenvalue weighted by atomic mass is 9.93. The monoisotopic (exact) mass is 377 g/mol. The number of aromatic nitrogens is 1. The van der Waals surface area contributed by atoms with Crippen molar-refractivity contribution in [2.75, 3.05) is 36.9 Å². The van der Waals surface area contributed by atoms with E-state index in [1.807, 2.05) is 13.1 Å². The van der Waals surface area contributed by atoms with Crippen molar-refractivity contribution in [2.45, 2.75) is 13.8 Å². The standard InChI is InChI=1S/C21H23N5O2/c1-11-5-14(17-10-23-21-19(12(17)2)22-3-4-28-21)7-15-16(20(27)26-18(11)15)6-13-8-24-25-9-13/h5-7,10,13,22,24-25H,3-4,8-9H2,1-2H3,(H,26,27)/b16-6-. The van der Waals surface area contributed by atoms with Gasteiger partial charge in [0.25, 0.3) is 5.91 Å². The molecule has 0 aliphatic carbocycles. The first-order chi connectivity index (χ1) is 13.6. The maximum absolute atomic E-state index is 12.6. The fourth-order valence-electron chi connectivity index (χ4n) is 4.13. The van der Waals surface area contributed by atoms with E-state index in [-0.39, 0.29) is 5.91 Å². The number of benzene rings is 1. The number of amides is 1. The number of hydrazine groups is 1. The van der Waals surface area contributed by atoms with Crippen molar-refractivity contribution in [2.24, 2.45) is 5.92 Å². The highest BCUT2D eigenvalue weighted by Crippen LogP contribution is 2.41. The third-order valence-electron chi connectivity index (χ3n) is 5.62. The van der Waals surface area contributed by atoms with Crippen LogP contribution in [-0.2, 0) is 4.79 Å². The molecule has 0 bridgehead atoms. The Kier molecular flexibility index (Phi) is 4.07. The van der Waals surface area contributed by atoms with Crippen LogP contribution in [0.2, 0.25) is 0 Å². The Morgan fingerprint density at radius 2 is 1.96 bits per heavy atom. The van der Waals surface area contributed by atoms with Crippen molar-refractivity contribution in [1.82, 2.24) is 15.8 Å². The molecule has 3 aliphatic heterocycles. The number of pyridine rings is 1. The molecule has 0 unspecified atom stereocenters. The van der Waals surface area contributed by atoms with Crippen LogP contribution in [0.4, 0.5) is 11.4 Å². The topological polar surface area (TPSA) is 87.3 Å². The highest BCUT2D eigenvalue weighted by Gasteiger charge is 2.28. The molecule has 1 amide bonds. The molecule has 7 heteroatoms. The van der Waals surface area contributed by atoms with Gasteiger partial charge in [-0.1, -0.05) is 6.08 Å². The van der Waals surface area contributed by atoms with Crippen molar-refractivity contribution in [1.29, 1.82) is 0 Å². The van der Waals surface area contributed by atoms with Gasteiger partial charge in [0.1, 0.15) is 12.3 Å². The average molecular weight is 377 g/mol. The molecule has 2 aromatic rings. The number of carbonyl (C=O) groups excluding carboxylic acids is 1. The van der Waals surface area contributed by atoms with Gasteiger partial charge in [-0.15, -0.1) is 0 Å². The summed E-state index contributed by atoms with van der Waals surface area (Å²) in [6, 6.07) is 4.21. The Morgan fingerprint density at radius 3 is 2.79 bits per heavy atom. The molecule has 4 heterocycles. The van der Waals surface area contributed by atoms with Gasteiger partial charge in [-0.05, 0) is 42.7 Å². The van der Waals surface area contributed by atoms with Gasteiger partial charge in [0.15, 0.2) is 0 Å². The van der Waals surface area contributed by atoms with Crippen molar-refractivity contribution >= 4 is 22.9 Å². The first-order valence-corrected chi connectivity index (χ1v) is 9.62. The normalized spacial score (nSPS) is 19.8.